The summed E-state index contributed by atoms with van der Waals surface area (Å²) in [7, 11) is 2.73. The number of Topliss-reactive ketones (excluding diaryl/α,β-unsaturated/α-hetero) is 1. The van der Waals surface area contributed by atoms with Crippen molar-refractivity contribution in [3.63, 3.8) is 0 Å². The van der Waals surface area contributed by atoms with Crippen LogP contribution in [0.1, 0.15) is 41.0 Å². The fraction of sp³-hybridized carbons (Fsp3) is 0.700. The minimum absolute atomic E-state index is 0.317. The van der Waals surface area contributed by atoms with Gasteiger partial charge in [-0.15, -0.1) is 0 Å². The molecule has 0 rings (SSSR count). The van der Waals surface area contributed by atoms with Crippen LogP contribution >= 0.6 is 0 Å². The van der Waals surface area contributed by atoms with E-state index < -0.39 is 72.1 Å². The van der Waals surface area contributed by atoms with Crippen molar-refractivity contribution in [1.82, 2.24) is 26.2 Å². The normalized spacial score (nSPS) is 14.8. The number of rotatable bonds is 11. The van der Waals surface area contributed by atoms with Gasteiger partial charge in [0.25, 0.3) is 5.78 Å². The van der Waals surface area contributed by atoms with Gasteiger partial charge in [0.1, 0.15) is 18.1 Å². The summed E-state index contributed by atoms with van der Waals surface area (Å²) in [5.41, 5.74) is 0. The number of nitrogens with zero attached hydrogens (tertiary/aromatic N) is 1. The average Bonchev–Trinajstić information content (AvgIpc) is 2.69. The molecule has 0 bridgehead atoms. The highest BCUT2D eigenvalue weighted by molar-refractivity contribution is 5.98. The van der Waals surface area contributed by atoms with Crippen LogP contribution in [0, 0.1) is 5.92 Å². The zero-order chi connectivity index (χ0) is 27.0. The monoisotopic (exact) mass is 495 g/mol. The number of halogens is 3. The quantitative estimate of drug-likeness (QED) is 0.296. The Bertz CT molecular complexity index is 800. The molecule has 0 radical (unpaired) electrons. The standard InChI is InChI=1S/C20H32F3N5O6/c1-9(2)15(26-12(5)29)19(34)25-11(4)17(32)27-13(8-14(30)28(6)7)18(33)24-10(3)16(31)20(21,22)23/h9-11,13,15H,8H2,1-7H3,(H,24,33)(H,25,34)(H,26,29)(H,27,32). The second kappa shape index (κ2) is 12.9. The molecule has 4 N–H and O–H groups in total. The minimum Gasteiger partial charge on any atom is -0.349 e. The van der Waals surface area contributed by atoms with Gasteiger partial charge in [0.15, 0.2) is 0 Å². The van der Waals surface area contributed by atoms with Gasteiger partial charge in [0, 0.05) is 21.0 Å². The van der Waals surface area contributed by atoms with E-state index >= 15 is 0 Å². The van der Waals surface area contributed by atoms with Gasteiger partial charge in [-0.3, -0.25) is 28.8 Å². The first-order valence-corrected chi connectivity index (χ1v) is 10.4. The van der Waals surface area contributed by atoms with Gasteiger partial charge in [-0.2, -0.15) is 13.2 Å². The van der Waals surface area contributed by atoms with Gasteiger partial charge in [0.2, 0.25) is 29.5 Å². The third kappa shape index (κ3) is 10.2. The maximum Gasteiger partial charge on any atom is 0.452 e. The van der Waals surface area contributed by atoms with Crippen molar-refractivity contribution in [2.24, 2.45) is 5.92 Å². The summed E-state index contributed by atoms with van der Waals surface area (Å²) >= 11 is 0. The molecule has 0 aromatic carbocycles. The second-order valence-electron chi connectivity index (χ2n) is 8.30. The summed E-state index contributed by atoms with van der Waals surface area (Å²) in [5.74, 6) is -6.40. The Morgan fingerprint density at radius 3 is 1.68 bits per heavy atom. The molecule has 0 heterocycles. The summed E-state index contributed by atoms with van der Waals surface area (Å²) in [5, 5.41) is 8.86. The third-order valence-electron chi connectivity index (χ3n) is 4.60. The van der Waals surface area contributed by atoms with Crippen molar-refractivity contribution in [2.75, 3.05) is 14.1 Å². The summed E-state index contributed by atoms with van der Waals surface area (Å²) in [4.78, 5) is 73.3. The molecule has 4 unspecified atom stereocenters. The predicted octanol–water partition coefficient (Wildman–Crippen LogP) is -0.749. The van der Waals surface area contributed by atoms with Crippen LogP contribution in [0.5, 0.6) is 0 Å². The highest BCUT2D eigenvalue weighted by Gasteiger charge is 2.42. The number of carbonyl (C=O) groups is 6. The largest absolute Gasteiger partial charge is 0.452 e. The lowest BCUT2D eigenvalue weighted by Gasteiger charge is -2.25. The zero-order valence-electron chi connectivity index (χ0n) is 20.1. The summed E-state index contributed by atoms with van der Waals surface area (Å²) < 4.78 is 37.8. The van der Waals surface area contributed by atoms with E-state index in [1.165, 1.54) is 27.9 Å². The first kappa shape index (κ1) is 30.8. The highest BCUT2D eigenvalue weighted by atomic mass is 19.4. The highest BCUT2D eigenvalue weighted by Crippen LogP contribution is 2.18. The summed E-state index contributed by atoms with van der Waals surface area (Å²) in [6.07, 6.45) is -5.80. The smallest absolute Gasteiger partial charge is 0.349 e. The molecule has 4 atom stereocenters. The molecule has 0 saturated carbocycles. The van der Waals surface area contributed by atoms with E-state index in [9.17, 15) is 41.9 Å². The van der Waals surface area contributed by atoms with Crippen LogP contribution in [0.15, 0.2) is 0 Å². The van der Waals surface area contributed by atoms with E-state index in [-0.39, 0.29) is 5.92 Å². The number of ketones is 1. The first-order chi connectivity index (χ1) is 15.4. The van der Waals surface area contributed by atoms with Crippen LogP contribution in [-0.2, 0) is 28.8 Å². The summed E-state index contributed by atoms with van der Waals surface area (Å²) in [6, 6.07) is -5.76. The Labute approximate surface area is 195 Å². The molecule has 0 saturated heterocycles. The Morgan fingerprint density at radius 1 is 0.765 bits per heavy atom. The van der Waals surface area contributed by atoms with Crippen LogP contribution in [0.2, 0.25) is 0 Å². The van der Waals surface area contributed by atoms with Crippen molar-refractivity contribution in [1.29, 1.82) is 0 Å². The van der Waals surface area contributed by atoms with Gasteiger partial charge >= 0.3 is 6.18 Å². The topological polar surface area (TPSA) is 154 Å². The molecule has 0 spiro atoms. The number of carbonyl (C=O) groups excluding carboxylic acids is 6. The lowest BCUT2D eigenvalue weighted by molar-refractivity contribution is -0.173. The molecule has 0 fully saturated rings. The van der Waals surface area contributed by atoms with Crippen LogP contribution in [0.3, 0.4) is 0 Å². The maximum atomic E-state index is 12.6. The van der Waals surface area contributed by atoms with Crippen LogP contribution in [-0.4, -0.2) is 84.7 Å². The van der Waals surface area contributed by atoms with Crippen molar-refractivity contribution in [2.45, 2.75) is 71.4 Å². The minimum atomic E-state index is -5.19. The van der Waals surface area contributed by atoms with Crippen LogP contribution in [0.4, 0.5) is 13.2 Å². The van der Waals surface area contributed by atoms with E-state index in [4.69, 9.17) is 0 Å². The molecule has 14 heteroatoms. The van der Waals surface area contributed by atoms with E-state index in [2.05, 4.69) is 16.0 Å². The van der Waals surface area contributed by atoms with Gasteiger partial charge in [-0.25, -0.2) is 0 Å². The molecular weight excluding hydrogens is 463 g/mol. The van der Waals surface area contributed by atoms with Crippen molar-refractivity contribution < 1.29 is 41.9 Å². The van der Waals surface area contributed by atoms with Crippen molar-refractivity contribution >= 4 is 35.3 Å². The van der Waals surface area contributed by atoms with E-state index in [1.807, 2.05) is 5.32 Å². The van der Waals surface area contributed by atoms with Gasteiger partial charge in [-0.1, -0.05) is 13.8 Å². The maximum absolute atomic E-state index is 12.6. The zero-order valence-corrected chi connectivity index (χ0v) is 20.1. The fourth-order valence-electron chi connectivity index (χ4n) is 2.61. The molecule has 0 aliphatic rings. The Hall–Kier alpha value is -3.19. The van der Waals surface area contributed by atoms with Crippen LogP contribution in [0.25, 0.3) is 0 Å². The molecule has 0 aromatic heterocycles. The first-order valence-electron chi connectivity index (χ1n) is 10.4. The molecule has 194 valence electrons. The van der Waals surface area contributed by atoms with E-state index in [1.54, 1.807) is 13.8 Å². The molecule has 34 heavy (non-hydrogen) atoms. The van der Waals surface area contributed by atoms with Gasteiger partial charge in [0.05, 0.1) is 12.5 Å². The lowest BCUT2D eigenvalue weighted by Crippen LogP contribution is -2.58. The number of amides is 5. The fourth-order valence-corrected chi connectivity index (χ4v) is 2.61. The van der Waals surface area contributed by atoms with Gasteiger partial charge < -0.3 is 26.2 Å². The van der Waals surface area contributed by atoms with E-state index in [0.29, 0.717) is 0 Å². The Balaban J connectivity index is 5.47. The number of hydrogen-bond acceptors (Lipinski definition) is 6. The molecule has 0 aromatic rings. The number of nitrogens with one attached hydrogen (secondary N) is 4. The molecule has 0 aliphatic carbocycles. The van der Waals surface area contributed by atoms with Gasteiger partial charge in [-0.05, 0) is 19.8 Å². The van der Waals surface area contributed by atoms with Crippen molar-refractivity contribution in [3.8, 4) is 0 Å². The van der Waals surface area contributed by atoms with Crippen LogP contribution < -0.4 is 21.3 Å². The predicted molar refractivity (Wildman–Crippen MR) is 114 cm³/mol. The van der Waals surface area contributed by atoms with E-state index in [0.717, 1.165) is 11.8 Å². The average molecular weight is 495 g/mol. The molecule has 11 nitrogen and oxygen atoms in total. The third-order valence-corrected chi connectivity index (χ3v) is 4.60. The van der Waals surface area contributed by atoms with Crippen molar-refractivity contribution in [3.05, 3.63) is 0 Å². The second-order valence-corrected chi connectivity index (χ2v) is 8.30. The Kier molecular flexibility index (Phi) is 11.7. The number of alkyl halides is 3. The molecule has 5 amide bonds. The summed E-state index contributed by atoms with van der Waals surface area (Å²) in [6.45, 7) is 6.64. The SMILES string of the molecule is CC(=O)NC(C(=O)NC(C)C(=O)NC(CC(=O)N(C)C)C(=O)NC(C)C(=O)C(F)(F)F)C(C)C. The number of hydrogen-bond donors (Lipinski definition) is 4. The Morgan fingerprint density at radius 2 is 1.26 bits per heavy atom. The molecular formula is C20H32F3N5O6. The molecule has 0 aliphatic heterocycles. The lowest BCUT2D eigenvalue weighted by atomic mass is 10.0.